The van der Waals surface area contributed by atoms with Crippen LogP contribution in [0.1, 0.15) is 38.3 Å². The Kier molecular flexibility index (Phi) is 9.85. The van der Waals surface area contributed by atoms with Gasteiger partial charge in [0.05, 0.1) is 12.9 Å². The molecular formula is C24H31FN2O3S. The Morgan fingerprint density at radius 2 is 1.90 bits per heavy atom. The maximum atomic E-state index is 13.9. The summed E-state index contributed by atoms with van der Waals surface area (Å²) in [6.45, 7) is 5.97. The number of ether oxygens (including phenoxy) is 1. The summed E-state index contributed by atoms with van der Waals surface area (Å²) in [5.41, 5.74) is 1.44. The van der Waals surface area contributed by atoms with Crippen molar-refractivity contribution >= 4 is 23.6 Å². The molecule has 0 fully saturated rings. The third-order valence-electron chi connectivity index (χ3n) is 4.74. The zero-order valence-electron chi connectivity index (χ0n) is 18.6. The number of methoxy groups -OCH3 is 1. The monoisotopic (exact) mass is 446 g/mol. The predicted molar refractivity (Wildman–Crippen MR) is 123 cm³/mol. The van der Waals surface area contributed by atoms with Gasteiger partial charge in [-0.1, -0.05) is 37.3 Å². The minimum Gasteiger partial charge on any atom is -0.497 e. The van der Waals surface area contributed by atoms with Gasteiger partial charge in [-0.3, -0.25) is 9.59 Å². The highest BCUT2D eigenvalue weighted by atomic mass is 32.2. The molecule has 168 valence electrons. The highest BCUT2D eigenvalue weighted by Crippen LogP contribution is 2.20. The molecule has 0 saturated carbocycles. The molecule has 2 aromatic rings. The van der Waals surface area contributed by atoms with Crippen molar-refractivity contribution in [2.45, 2.75) is 51.6 Å². The Labute approximate surface area is 188 Å². The molecule has 0 radical (unpaired) electrons. The second-order valence-corrected chi connectivity index (χ2v) is 8.53. The quantitative estimate of drug-likeness (QED) is 0.556. The molecule has 2 aromatic carbocycles. The van der Waals surface area contributed by atoms with Crippen LogP contribution in [0.25, 0.3) is 0 Å². The van der Waals surface area contributed by atoms with Crippen molar-refractivity contribution in [1.29, 1.82) is 0 Å². The van der Waals surface area contributed by atoms with Crippen molar-refractivity contribution in [3.63, 3.8) is 0 Å². The van der Waals surface area contributed by atoms with Crippen molar-refractivity contribution in [2.24, 2.45) is 0 Å². The summed E-state index contributed by atoms with van der Waals surface area (Å²) in [6.07, 6.45) is 0.492. The SMILES string of the molecule is CCC(C(=O)NC(C)C)N(Cc1cccc(OC)c1)C(=O)CSCc1ccccc1F. The molecule has 0 heterocycles. The van der Waals surface area contributed by atoms with E-state index in [2.05, 4.69) is 5.32 Å². The van der Waals surface area contributed by atoms with E-state index in [-0.39, 0.29) is 29.4 Å². The number of hydrogen-bond donors (Lipinski definition) is 1. The summed E-state index contributed by atoms with van der Waals surface area (Å²) in [5.74, 6) is 0.629. The van der Waals surface area contributed by atoms with Gasteiger partial charge in [0.15, 0.2) is 0 Å². The lowest BCUT2D eigenvalue weighted by Crippen LogP contribution is -2.50. The zero-order chi connectivity index (χ0) is 22.8. The Hall–Kier alpha value is -2.54. The summed E-state index contributed by atoms with van der Waals surface area (Å²) < 4.78 is 19.2. The molecule has 0 aliphatic heterocycles. The van der Waals surface area contributed by atoms with Crippen LogP contribution in [0.4, 0.5) is 4.39 Å². The number of nitrogens with zero attached hydrogens (tertiary/aromatic N) is 1. The van der Waals surface area contributed by atoms with Gasteiger partial charge in [-0.05, 0) is 49.6 Å². The number of carbonyl (C=O) groups is 2. The van der Waals surface area contributed by atoms with Crippen LogP contribution < -0.4 is 10.1 Å². The van der Waals surface area contributed by atoms with Crippen molar-refractivity contribution in [3.8, 4) is 5.75 Å². The Morgan fingerprint density at radius 1 is 1.16 bits per heavy atom. The lowest BCUT2D eigenvalue weighted by atomic mass is 10.1. The zero-order valence-corrected chi connectivity index (χ0v) is 19.4. The first kappa shape index (κ1) is 24.7. The minimum absolute atomic E-state index is 0.0225. The molecule has 2 amide bonds. The number of hydrogen-bond acceptors (Lipinski definition) is 4. The van der Waals surface area contributed by atoms with Gasteiger partial charge in [0.25, 0.3) is 0 Å². The van der Waals surface area contributed by atoms with E-state index in [0.717, 1.165) is 5.56 Å². The standard InChI is InChI=1S/C24H31FN2O3S/c1-5-22(24(29)26-17(2)3)27(14-18-9-8-11-20(13-18)30-4)23(28)16-31-15-19-10-6-7-12-21(19)25/h6-13,17,22H,5,14-16H2,1-4H3,(H,26,29). The van der Waals surface area contributed by atoms with Crippen molar-refractivity contribution in [1.82, 2.24) is 10.2 Å². The van der Waals surface area contributed by atoms with Crippen LogP contribution in [0.2, 0.25) is 0 Å². The number of halogens is 1. The van der Waals surface area contributed by atoms with Crippen LogP contribution in [0.3, 0.4) is 0 Å². The average Bonchev–Trinajstić information content (AvgIpc) is 2.74. The van der Waals surface area contributed by atoms with Crippen LogP contribution in [0.15, 0.2) is 48.5 Å². The lowest BCUT2D eigenvalue weighted by molar-refractivity contribution is -0.139. The van der Waals surface area contributed by atoms with Gasteiger partial charge in [-0.2, -0.15) is 0 Å². The van der Waals surface area contributed by atoms with Gasteiger partial charge in [0, 0.05) is 18.3 Å². The largest absolute Gasteiger partial charge is 0.497 e. The molecule has 31 heavy (non-hydrogen) atoms. The number of amides is 2. The van der Waals surface area contributed by atoms with E-state index in [0.29, 0.717) is 30.0 Å². The fraction of sp³-hybridized carbons (Fsp3) is 0.417. The van der Waals surface area contributed by atoms with E-state index in [1.165, 1.54) is 17.8 Å². The highest BCUT2D eigenvalue weighted by Gasteiger charge is 2.29. The fourth-order valence-electron chi connectivity index (χ4n) is 3.21. The molecule has 0 spiro atoms. The third kappa shape index (κ3) is 7.58. The second-order valence-electron chi connectivity index (χ2n) is 7.54. The number of benzene rings is 2. The lowest BCUT2D eigenvalue weighted by Gasteiger charge is -2.31. The van der Waals surface area contributed by atoms with Crippen LogP contribution in [-0.4, -0.2) is 41.7 Å². The maximum Gasteiger partial charge on any atom is 0.243 e. The van der Waals surface area contributed by atoms with Gasteiger partial charge >= 0.3 is 0 Å². The molecule has 1 unspecified atom stereocenters. The maximum absolute atomic E-state index is 13.9. The third-order valence-corrected chi connectivity index (χ3v) is 5.71. The number of nitrogens with one attached hydrogen (secondary N) is 1. The molecule has 0 bridgehead atoms. The van der Waals surface area contributed by atoms with Crippen molar-refractivity contribution in [2.75, 3.05) is 12.9 Å². The molecule has 0 aliphatic rings. The Balaban J connectivity index is 2.17. The van der Waals surface area contributed by atoms with Gasteiger partial charge < -0.3 is 15.0 Å². The Morgan fingerprint density at radius 3 is 2.55 bits per heavy atom. The molecule has 0 aromatic heterocycles. The summed E-state index contributed by atoms with van der Waals surface area (Å²) in [7, 11) is 1.59. The second kappa shape index (κ2) is 12.3. The first-order valence-electron chi connectivity index (χ1n) is 10.4. The summed E-state index contributed by atoms with van der Waals surface area (Å²) >= 11 is 1.34. The van der Waals surface area contributed by atoms with Crippen molar-refractivity contribution in [3.05, 3.63) is 65.5 Å². The summed E-state index contributed by atoms with van der Waals surface area (Å²) in [5, 5.41) is 2.91. The highest BCUT2D eigenvalue weighted by molar-refractivity contribution is 7.99. The van der Waals surface area contributed by atoms with E-state index in [9.17, 15) is 14.0 Å². The molecule has 2 rings (SSSR count). The smallest absolute Gasteiger partial charge is 0.243 e. The predicted octanol–water partition coefficient (Wildman–Crippen LogP) is 4.40. The summed E-state index contributed by atoms with van der Waals surface area (Å²) in [4.78, 5) is 27.6. The topological polar surface area (TPSA) is 58.6 Å². The van der Waals surface area contributed by atoms with E-state index in [4.69, 9.17) is 4.74 Å². The molecule has 5 nitrogen and oxygen atoms in total. The first-order chi connectivity index (χ1) is 14.8. The summed E-state index contributed by atoms with van der Waals surface area (Å²) in [6, 6.07) is 13.4. The van der Waals surface area contributed by atoms with E-state index in [1.54, 1.807) is 30.2 Å². The number of carbonyl (C=O) groups excluding carboxylic acids is 2. The number of thioether (sulfide) groups is 1. The van der Waals surface area contributed by atoms with Crippen LogP contribution >= 0.6 is 11.8 Å². The van der Waals surface area contributed by atoms with Crippen LogP contribution in [-0.2, 0) is 21.9 Å². The van der Waals surface area contributed by atoms with Gasteiger partial charge in [-0.15, -0.1) is 11.8 Å². The van der Waals surface area contributed by atoms with Gasteiger partial charge in [0.2, 0.25) is 11.8 Å². The van der Waals surface area contributed by atoms with E-state index >= 15 is 0 Å². The first-order valence-corrected chi connectivity index (χ1v) is 11.5. The van der Waals surface area contributed by atoms with Crippen LogP contribution in [0.5, 0.6) is 5.75 Å². The normalized spacial score (nSPS) is 11.8. The van der Waals surface area contributed by atoms with Crippen LogP contribution in [0, 0.1) is 5.82 Å². The molecule has 1 N–H and O–H groups in total. The van der Waals surface area contributed by atoms with E-state index in [1.807, 2.05) is 45.0 Å². The molecule has 7 heteroatoms. The number of rotatable bonds is 11. The average molecular weight is 447 g/mol. The molecule has 0 aliphatic carbocycles. The molecular weight excluding hydrogens is 415 g/mol. The van der Waals surface area contributed by atoms with Gasteiger partial charge in [-0.25, -0.2) is 4.39 Å². The molecule has 0 saturated heterocycles. The minimum atomic E-state index is -0.588. The van der Waals surface area contributed by atoms with Gasteiger partial charge in [0.1, 0.15) is 17.6 Å². The van der Waals surface area contributed by atoms with E-state index < -0.39 is 6.04 Å². The molecule has 1 atom stereocenters. The van der Waals surface area contributed by atoms with Crippen molar-refractivity contribution < 1.29 is 18.7 Å². The fourth-order valence-corrected chi connectivity index (χ4v) is 4.11. The Bertz CT molecular complexity index is 875.